The van der Waals surface area contributed by atoms with Crippen LogP contribution in [0.4, 0.5) is 11.5 Å². The number of H-pyrrole nitrogens is 1. The van der Waals surface area contributed by atoms with Crippen molar-refractivity contribution in [1.29, 1.82) is 0 Å². The van der Waals surface area contributed by atoms with Gasteiger partial charge >= 0.3 is 0 Å². The van der Waals surface area contributed by atoms with Crippen molar-refractivity contribution in [2.45, 2.75) is 25.3 Å². The summed E-state index contributed by atoms with van der Waals surface area (Å²) in [5.41, 5.74) is 4.22. The first kappa shape index (κ1) is 24.9. The van der Waals surface area contributed by atoms with E-state index in [0.29, 0.717) is 5.92 Å². The van der Waals surface area contributed by atoms with Gasteiger partial charge in [0.25, 0.3) is 0 Å². The van der Waals surface area contributed by atoms with Gasteiger partial charge in [0.2, 0.25) is 0 Å². The number of anilines is 2. The van der Waals surface area contributed by atoms with Gasteiger partial charge in [0.05, 0.1) is 18.6 Å². The molecule has 0 aliphatic carbocycles. The Morgan fingerprint density at radius 3 is 2.60 bits per heavy atom. The van der Waals surface area contributed by atoms with Crippen LogP contribution in [0.25, 0.3) is 22.3 Å². The molecule has 0 saturated carbocycles. The first-order valence-electron chi connectivity index (χ1n) is 12.6. The summed E-state index contributed by atoms with van der Waals surface area (Å²) >= 11 is 0. The molecule has 0 unspecified atom stereocenters. The molecule has 6 rings (SSSR count). The maximum absolute atomic E-state index is 5.50. The molecular weight excluding hydrogens is 471 g/mol. The molecule has 183 valence electrons. The smallest absolute Gasteiger partial charge is 0.143 e. The standard InChI is InChI=1S/C26H34N7O.Sc/c1-3-21(28-16-19-7-10-33(17-19)22-5-8-27-9-6-22)4-2-20(1)24-15-23-25(31-24)29-18-30-26(23)32-11-13-34-14-12-32;/h1-4,15-16,18-19,22,27-28H,5-14,17H2,(H,29,30,31);/q-1;/t19-;/m0./s1. The molecule has 5 heterocycles. The SMILES string of the molecule is [Sc].c1nc(N2CCOCC2)c2cc(-c3ccc(N[CH-][C@@H]4CCN(C5CCNCC5)C4)cc3)[nH]c2n1. The zero-order chi connectivity index (χ0) is 22.7. The number of rotatable bonds is 6. The summed E-state index contributed by atoms with van der Waals surface area (Å²) in [4.78, 5) is 17.5. The van der Waals surface area contributed by atoms with E-state index in [2.05, 4.69) is 72.3 Å². The minimum Gasteiger partial charge on any atom is -0.535 e. The minimum absolute atomic E-state index is 0. The second kappa shape index (κ2) is 11.5. The van der Waals surface area contributed by atoms with Crippen molar-refractivity contribution < 1.29 is 30.6 Å². The van der Waals surface area contributed by atoms with Gasteiger partial charge in [0.1, 0.15) is 17.8 Å². The number of benzene rings is 1. The van der Waals surface area contributed by atoms with Crippen LogP contribution >= 0.6 is 0 Å². The number of fused-ring (bicyclic) bond motifs is 1. The molecular formula is C26H34N7OSc-. The third-order valence-corrected chi connectivity index (χ3v) is 7.48. The molecule has 1 aromatic carbocycles. The molecule has 9 heteroatoms. The molecule has 1 radical (unpaired) electrons. The third-order valence-electron chi connectivity index (χ3n) is 7.48. The topological polar surface area (TPSA) is 81.3 Å². The average molecular weight is 506 g/mol. The quantitative estimate of drug-likeness (QED) is 0.444. The second-order valence-electron chi connectivity index (χ2n) is 9.66. The van der Waals surface area contributed by atoms with E-state index in [4.69, 9.17) is 4.74 Å². The van der Waals surface area contributed by atoms with Crippen LogP contribution in [0.3, 0.4) is 0 Å². The molecule has 2 aromatic heterocycles. The normalized spacial score (nSPS) is 21.8. The largest absolute Gasteiger partial charge is 0.535 e. The van der Waals surface area contributed by atoms with E-state index >= 15 is 0 Å². The monoisotopic (exact) mass is 505 g/mol. The number of ether oxygens (including phenoxy) is 1. The van der Waals surface area contributed by atoms with Gasteiger partial charge in [-0.3, -0.25) is 0 Å². The van der Waals surface area contributed by atoms with Crippen molar-refractivity contribution in [3.8, 4) is 11.3 Å². The molecule has 0 bridgehead atoms. The molecule has 3 aromatic rings. The van der Waals surface area contributed by atoms with Crippen LogP contribution in [-0.2, 0) is 30.6 Å². The zero-order valence-corrected chi connectivity index (χ0v) is 22.1. The van der Waals surface area contributed by atoms with Crippen molar-refractivity contribution in [3.05, 3.63) is 43.2 Å². The van der Waals surface area contributed by atoms with E-state index in [1.165, 1.54) is 32.4 Å². The first-order valence-corrected chi connectivity index (χ1v) is 12.6. The fourth-order valence-corrected chi connectivity index (χ4v) is 5.52. The van der Waals surface area contributed by atoms with Gasteiger partial charge in [-0.1, -0.05) is 18.6 Å². The summed E-state index contributed by atoms with van der Waals surface area (Å²) in [6.07, 6.45) is 5.46. The molecule has 35 heavy (non-hydrogen) atoms. The van der Waals surface area contributed by atoms with Gasteiger partial charge < -0.3 is 30.2 Å². The molecule has 3 saturated heterocycles. The number of aromatic amines is 1. The molecule has 3 fully saturated rings. The molecule has 3 aliphatic rings. The Kier molecular flexibility index (Phi) is 8.17. The van der Waals surface area contributed by atoms with E-state index < -0.39 is 0 Å². The Morgan fingerprint density at radius 1 is 1.00 bits per heavy atom. The van der Waals surface area contributed by atoms with Crippen molar-refractivity contribution in [2.24, 2.45) is 5.92 Å². The molecule has 3 N–H and O–H groups in total. The number of piperidine rings is 1. The summed E-state index contributed by atoms with van der Waals surface area (Å²) in [6.45, 7) is 10.2. The summed E-state index contributed by atoms with van der Waals surface area (Å²) in [6, 6.07) is 11.6. The van der Waals surface area contributed by atoms with Crippen molar-refractivity contribution in [1.82, 2.24) is 25.2 Å². The van der Waals surface area contributed by atoms with Gasteiger partial charge in [-0.05, 0) is 62.8 Å². The van der Waals surface area contributed by atoms with Crippen LogP contribution in [0, 0.1) is 12.5 Å². The van der Waals surface area contributed by atoms with Crippen molar-refractivity contribution in [3.63, 3.8) is 0 Å². The second-order valence-corrected chi connectivity index (χ2v) is 9.66. The Labute approximate surface area is 226 Å². The summed E-state index contributed by atoms with van der Waals surface area (Å²) in [5, 5.41) is 8.09. The van der Waals surface area contributed by atoms with E-state index in [-0.39, 0.29) is 25.8 Å². The number of morpholine rings is 1. The fourth-order valence-electron chi connectivity index (χ4n) is 5.52. The van der Waals surface area contributed by atoms with Gasteiger partial charge in [0, 0.05) is 56.4 Å². The van der Waals surface area contributed by atoms with E-state index in [1.54, 1.807) is 6.33 Å². The number of likely N-dealkylation sites (tertiary alicyclic amines) is 1. The van der Waals surface area contributed by atoms with Crippen LogP contribution in [0.5, 0.6) is 0 Å². The zero-order valence-electron chi connectivity index (χ0n) is 20.2. The molecule has 1 atom stereocenters. The van der Waals surface area contributed by atoms with Crippen LogP contribution in [0.2, 0.25) is 0 Å². The summed E-state index contributed by atoms with van der Waals surface area (Å²) < 4.78 is 5.50. The molecule has 3 aliphatic heterocycles. The Bertz CT molecular complexity index is 1090. The number of nitrogens with one attached hydrogen (secondary N) is 3. The van der Waals surface area contributed by atoms with Crippen molar-refractivity contribution >= 4 is 22.5 Å². The van der Waals surface area contributed by atoms with Crippen LogP contribution in [0.15, 0.2) is 36.7 Å². The molecule has 8 nitrogen and oxygen atoms in total. The predicted octanol–water partition coefficient (Wildman–Crippen LogP) is 3.11. The maximum Gasteiger partial charge on any atom is 0.143 e. The van der Waals surface area contributed by atoms with Crippen molar-refractivity contribution in [2.75, 3.05) is 62.7 Å². The number of hydrogen-bond acceptors (Lipinski definition) is 7. The van der Waals surface area contributed by atoms with Crippen LogP contribution in [0.1, 0.15) is 19.3 Å². The van der Waals surface area contributed by atoms with Crippen LogP contribution in [-0.4, -0.2) is 78.4 Å². The Hall–Kier alpha value is -1.81. The van der Waals surface area contributed by atoms with Gasteiger partial charge in [-0.2, -0.15) is 0 Å². The van der Waals surface area contributed by atoms with Gasteiger partial charge in [-0.15, -0.1) is 5.92 Å². The van der Waals surface area contributed by atoms with E-state index in [0.717, 1.165) is 79.2 Å². The minimum atomic E-state index is 0. The van der Waals surface area contributed by atoms with Crippen LogP contribution < -0.4 is 15.5 Å². The first-order chi connectivity index (χ1) is 16.8. The molecule has 0 spiro atoms. The summed E-state index contributed by atoms with van der Waals surface area (Å²) in [5.74, 6) is 1.60. The maximum atomic E-state index is 5.50. The Morgan fingerprint density at radius 2 is 1.80 bits per heavy atom. The number of aromatic nitrogens is 3. The van der Waals surface area contributed by atoms with Gasteiger partial charge in [0.15, 0.2) is 0 Å². The Balaban J connectivity index is 0.00000253. The van der Waals surface area contributed by atoms with E-state index in [9.17, 15) is 0 Å². The van der Waals surface area contributed by atoms with E-state index in [1.807, 2.05) is 0 Å². The fraction of sp³-hybridized carbons (Fsp3) is 0.500. The number of nitrogens with zero attached hydrogens (tertiary/aromatic N) is 4. The average Bonchev–Trinajstić information content (AvgIpc) is 3.56. The summed E-state index contributed by atoms with van der Waals surface area (Å²) in [7, 11) is 0. The third kappa shape index (κ3) is 5.63. The predicted molar refractivity (Wildman–Crippen MR) is 136 cm³/mol. The molecule has 0 amide bonds. The van der Waals surface area contributed by atoms with Gasteiger partial charge in [-0.25, -0.2) is 16.5 Å². The number of hydrogen-bond donors (Lipinski definition) is 3.